The van der Waals surface area contributed by atoms with E-state index in [0.717, 1.165) is 69.8 Å². The largest absolute Gasteiger partial charge is 0.383 e. The maximum atomic E-state index is 5.17. The first-order valence-electron chi connectivity index (χ1n) is 9.79. The van der Waals surface area contributed by atoms with Gasteiger partial charge in [-0.15, -0.1) is 0 Å². The number of methoxy groups -OCH3 is 1. The number of nitrogens with zero attached hydrogens (tertiary/aromatic N) is 5. The average molecular weight is 364 g/mol. The van der Waals surface area contributed by atoms with Crippen molar-refractivity contribution in [3.05, 3.63) is 11.6 Å². The van der Waals surface area contributed by atoms with Crippen LogP contribution in [0.25, 0.3) is 0 Å². The molecule has 0 aliphatic carbocycles. The van der Waals surface area contributed by atoms with Gasteiger partial charge in [-0.3, -0.25) is 4.99 Å². The molecule has 1 aromatic heterocycles. The SMILES string of the molecule is CN=C(NCC1CCN(CCOC)CC1)NC1CCCn2nc(C)nc21. The number of aromatic nitrogens is 3. The Bertz CT molecular complexity index is 592. The molecule has 146 valence electrons. The minimum atomic E-state index is 0.187. The van der Waals surface area contributed by atoms with Crippen LogP contribution in [0, 0.1) is 12.8 Å². The fourth-order valence-corrected chi connectivity index (χ4v) is 3.84. The number of aryl methyl sites for hydroxylation is 2. The van der Waals surface area contributed by atoms with Crippen LogP contribution in [0.5, 0.6) is 0 Å². The second-order valence-corrected chi connectivity index (χ2v) is 7.31. The Kier molecular flexibility index (Phi) is 6.85. The molecular formula is C18H33N7O. The van der Waals surface area contributed by atoms with Crippen LogP contribution < -0.4 is 10.6 Å². The van der Waals surface area contributed by atoms with Crippen LogP contribution in [0.4, 0.5) is 0 Å². The van der Waals surface area contributed by atoms with Crippen molar-refractivity contribution in [3.8, 4) is 0 Å². The summed E-state index contributed by atoms with van der Waals surface area (Å²) in [4.78, 5) is 11.5. The van der Waals surface area contributed by atoms with Gasteiger partial charge in [-0.1, -0.05) is 0 Å². The summed E-state index contributed by atoms with van der Waals surface area (Å²) in [5.74, 6) is 3.44. The Morgan fingerprint density at radius 3 is 2.81 bits per heavy atom. The maximum absolute atomic E-state index is 5.17. The van der Waals surface area contributed by atoms with Crippen molar-refractivity contribution in [1.29, 1.82) is 0 Å². The minimum Gasteiger partial charge on any atom is -0.383 e. The molecule has 0 bridgehead atoms. The molecule has 1 aromatic rings. The predicted molar refractivity (Wildman–Crippen MR) is 102 cm³/mol. The third kappa shape index (κ3) is 4.94. The summed E-state index contributed by atoms with van der Waals surface area (Å²) >= 11 is 0. The Balaban J connectivity index is 1.45. The Morgan fingerprint density at radius 2 is 2.08 bits per heavy atom. The van der Waals surface area contributed by atoms with Crippen LogP contribution in [-0.2, 0) is 11.3 Å². The van der Waals surface area contributed by atoms with Crippen molar-refractivity contribution < 1.29 is 4.74 Å². The maximum Gasteiger partial charge on any atom is 0.191 e. The summed E-state index contributed by atoms with van der Waals surface area (Å²) in [6.07, 6.45) is 4.64. The Hall–Kier alpha value is -1.67. The summed E-state index contributed by atoms with van der Waals surface area (Å²) in [5.41, 5.74) is 0. The fraction of sp³-hybridized carbons (Fsp3) is 0.833. The molecule has 1 fully saturated rings. The molecule has 1 unspecified atom stereocenters. The first kappa shape index (κ1) is 19.1. The quantitative estimate of drug-likeness (QED) is 0.579. The molecule has 2 aliphatic heterocycles. The zero-order chi connectivity index (χ0) is 18.4. The fourth-order valence-electron chi connectivity index (χ4n) is 3.84. The predicted octanol–water partition coefficient (Wildman–Crippen LogP) is 0.945. The summed E-state index contributed by atoms with van der Waals surface area (Å²) in [7, 11) is 3.60. The van der Waals surface area contributed by atoms with E-state index < -0.39 is 0 Å². The van der Waals surface area contributed by atoms with Crippen LogP contribution in [0.1, 0.15) is 43.4 Å². The average Bonchev–Trinajstić information content (AvgIpc) is 3.05. The first-order valence-corrected chi connectivity index (χ1v) is 9.79. The number of aliphatic imine (C=N–C) groups is 1. The molecule has 1 saturated heterocycles. The molecule has 0 saturated carbocycles. The number of likely N-dealkylation sites (tertiary alicyclic amines) is 1. The van der Waals surface area contributed by atoms with E-state index in [1.54, 1.807) is 7.11 Å². The zero-order valence-electron chi connectivity index (χ0n) is 16.4. The van der Waals surface area contributed by atoms with Crippen molar-refractivity contribution in [2.75, 3.05) is 46.9 Å². The van der Waals surface area contributed by atoms with Crippen molar-refractivity contribution in [3.63, 3.8) is 0 Å². The smallest absolute Gasteiger partial charge is 0.191 e. The molecule has 0 amide bonds. The molecule has 26 heavy (non-hydrogen) atoms. The molecule has 2 N–H and O–H groups in total. The van der Waals surface area contributed by atoms with E-state index in [2.05, 4.69) is 30.6 Å². The van der Waals surface area contributed by atoms with Crippen molar-refractivity contribution in [2.24, 2.45) is 10.9 Å². The lowest BCUT2D eigenvalue weighted by Crippen LogP contribution is -2.45. The van der Waals surface area contributed by atoms with Crippen molar-refractivity contribution in [1.82, 2.24) is 30.3 Å². The molecule has 3 heterocycles. The monoisotopic (exact) mass is 363 g/mol. The van der Waals surface area contributed by atoms with Crippen molar-refractivity contribution in [2.45, 2.75) is 45.2 Å². The second kappa shape index (κ2) is 9.32. The summed E-state index contributed by atoms with van der Waals surface area (Å²) < 4.78 is 7.20. The Morgan fingerprint density at radius 1 is 1.27 bits per heavy atom. The van der Waals surface area contributed by atoms with Gasteiger partial charge in [0.15, 0.2) is 5.96 Å². The Labute approximate surface area is 156 Å². The third-order valence-electron chi connectivity index (χ3n) is 5.39. The number of hydrogen-bond donors (Lipinski definition) is 2. The van der Waals surface area contributed by atoms with Crippen LogP contribution >= 0.6 is 0 Å². The number of hydrogen-bond acceptors (Lipinski definition) is 5. The van der Waals surface area contributed by atoms with Gasteiger partial charge in [0.2, 0.25) is 0 Å². The number of fused-ring (bicyclic) bond motifs is 1. The van der Waals surface area contributed by atoms with Gasteiger partial charge in [0.05, 0.1) is 12.6 Å². The molecule has 0 radical (unpaired) electrons. The highest BCUT2D eigenvalue weighted by Crippen LogP contribution is 2.23. The zero-order valence-corrected chi connectivity index (χ0v) is 16.4. The van der Waals surface area contributed by atoms with Gasteiger partial charge < -0.3 is 20.3 Å². The van der Waals surface area contributed by atoms with Gasteiger partial charge in [-0.05, 0) is 51.6 Å². The lowest BCUT2D eigenvalue weighted by Gasteiger charge is -2.32. The lowest BCUT2D eigenvalue weighted by atomic mass is 9.97. The van der Waals surface area contributed by atoms with E-state index >= 15 is 0 Å². The van der Waals surface area contributed by atoms with E-state index in [1.807, 2.05) is 18.7 Å². The topological polar surface area (TPSA) is 79.6 Å². The number of guanidine groups is 1. The minimum absolute atomic E-state index is 0.187. The van der Waals surface area contributed by atoms with E-state index in [4.69, 9.17) is 4.74 Å². The molecule has 0 aromatic carbocycles. The van der Waals surface area contributed by atoms with Gasteiger partial charge in [-0.25, -0.2) is 9.67 Å². The molecule has 8 heteroatoms. The van der Waals surface area contributed by atoms with Gasteiger partial charge in [0, 0.05) is 33.8 Å². The van der Waals surface area contributed by atoms with Gasteiger partial charge in [0.25, 0.3) is 0 Å². The van der Waals surface area contributed by atoms with Crippen molar-refractivity contribution >= 4 is 5.96 Å². The highest BCUT2D eigenvalue weighted by atomic mass is 16.5. The second-order valence-electron chi connectivity index (χ2n) is 7.31. The highest BCUT2D eigenvalue weighted by Gasteiger charge is 2.25. The normalized spacial score (nSPS) is 22.3. The summed E-state index contributed by atoms with van der Waals surface area (Å²) in [5, 5.41) is 11.5. The van der Waals surface area contributed by atoms with Crippen LogP contribution in [-0.4, -0.2) is 72.6 Å². The molecular weight excluding hydrogens is 330 g/mol. The van der Waals surface area contributed by atoms with E-state index in [1.165, 1.54) is 12.8 Å². The van der Waals surface area contributed by atoms with E-state index in [-0.39, 0.29) is 6.04 Å². The number of piperidine rings is 1. The summed E-state index contributed by atoms with van der Waals surface area (Å²) in [6.45, 7) is 8.07. The van der Waals surface area contributed by atoms with Crippen LogP contribution in [0.2, 0.25) is 0 Å². The van der Waals surface area contributed by atoms with Crippen LogP contribution in [0.3, 0.4) is 0 Å². The van der Waals surface area contributed by atoms with Gasteiger partial charge in [0.1, 0.15) is 11.6 Å². The van der Waals surface area contributed by atoms with Gasteiger partial charge >= 0.3 is 0 Å². The number of rotatable bonds is 6. The molecule has 0 spiro atoms. The lowest BCUT2D eigenvalue weighted by molar-refractivity contribution is 0.121. The molecule has 3 rings (SSSR count). The van der Waals surface area contributed by atoms with Crippen LogP contribution in [0.15, 0.2) is 4.99 Å². The summed E-state index contributed by atoms with van der Waals surface area (Å²) in [6, 6.07) is 0.187. The van der Waals surface area contributed by atoms with E-state index in [0.29, 0.717) is 5.92 Å². The first-order chi connectivity index (χ1) is 12.7. The standard InChI is InChI=1S/C18H33N7O/c1-14-21-17-16(5-4-8-25(17)23-14)22-18(19-2)20-13-15-6-9-24(10-7-15)11-12-26-3/h15-16H,4-13H2,1-3H3,(H2,19,20,22). The number of ether oxygens (including phenoxy) is 1. The number of nitrogens with one attached hydrogen (secondary N) is 2. The molecule has 8 nitrogen and oxygen atoms in total. The molecule has 2 aliphatic rings. The van der Waals surface area contributed by atoms with Gasteiger partial charge in [-0.2, -0.15) is 5.10 Å². The van der Waals surface area contributed by atoms with E-state index in [9.17, 15) is 0 Å². The third-order valence-corrected chi connectivity index (χ3v) is 5.39. The molecule has 1 atom stereocenters. The highest BCUT2D eigenvalue weighted by molar-refractivity contribution is 5.80.